The van der Waals surface area contributed by atoms with Crippen LogP contribution < -0.4 is 0 Å². The molecule has 0 amide bonds. The summed E-state index contributed by atoms with van der Waals surface area (Å²) < 4.78 is 29.9. The van der Waals surface area contributed by atoms with E-state index in [1.165, 1.54) is 12.1 Å². The van der Waals surface area contributed by atoms with Crippen LogP contribution in [-0.4, -0.2) is 19.9 Å². The van der Waals surface area contributed by atoms with Gasteiger partial charge in [0.2, 0.25) is 0 Å². The van der Waals surface area contributed by atoms with Gasteiger partial charge in [0.15, 0.2) is 5.78 Å². The molecule has 0 heterocycles. The van der Waals surface area contributed by atoms with Crippen LogP contribution in [0, 0.1) is 15.4 Å². The second-order valence-electron chi connectivity index (χ2n) is 6.28. The number of hydrogen-bond donors (Lipinski definition) is 0. The van der Waals surface area contributed by atoms with E-state index in [1.54, 1.807) is 24.3 Å². The summed E-state index contributed by atoms with van der Waals surface area (Å²) in [5.74, 6) is -0.0112. The third kappa shape index (κ3) is 4.22. The molecule has 0 atom stereocenters. The zero-order valence-corrected chi connectivity index (χ0v) is 17.1. The molecule has 0 spiro atoms. The number of halogens is 1. The van der Waals surface area contributed by atoms with Gasteiger partial charge in [-0.1, -0.05) is 27.7 Å². The highest BCUT2D eigenvalue weighted by molar-refractivity contribution is 14.1. The molecule has 0 N–H and O–H groups in total. The topological polar surface area (TPSA) is 63.6 Å². The number of benzene rings is 1. The first kappa shape index (κ1) is 19.1. The van der Waals surface area contributed by atoms with Gasteiger partial charge in [0.1, 0.15) is 0 Å². The van der Waals surface area contributed by atoms with Crippen LogP contribution in [0.2, 0.25) is 0 Å². The van der Waals surface area contributed by atoms with Gasteiger partial charge in [-0.3, -0.25) is 4.79 Å². The summed E-state index contributed by atoms with van der Waals surface area (Å²) in [5.41, 5.74) is 1.50. The number of carbonyl (C=O) groups is 1. The molecule has 1 aromatic carbocycles. The number of rotatable bonds is 4. The van der Waals surface area contributed by atoms with Crippen LogP contribution in [0.4, 0.5) is 0 Å². The summed E-state index contributed by atoms with van der Waals surface area (Å²) >= 11 is 2.11. The summed E-state index contributed by atoms with van der Waals surface area (Å²) in [7, 11) is -3.81. The number of ketones is 1. The third-order valence-electron chi connectivity index (χ3n) is 3.71. The molecule has 1 aliphatic carbocycles. The van der Waals surface area contributed by atoms with Crippen molar-refractivity contribution in [2.75, 3.05) is 0 Å². The highest BCUT2D eigenvalue weighted by Crippen LogP contribution is 2.26. The normalized spacial score (nSPS) is 15.6. The van der Waals surface area contributed by atoms with E-state index in [0.29, 0.717) is 16.9 Å². The monoisotopic (exact) mass is 457 g/mol. The minimum atomic E-state index is -3.81. The second kappa shape index (κ2) is 7.31. The smallest absolute Gasteiger partial charge is 0.282 e. The molecule has 4 nitrogen and oxygen atoms in total. The van der Waals surface area contributed by atoms with Gasteiger partial charge < -0.3 is 0 Å². The Kier molecular flexibility index (Phi) is 5.80. The maximum atomic E-state index is 12.5. The number of allylic oxidation sites excluding steroid dienone is 4. The SMILES string of the molecule is CC(C)C1=CC(=NS(=O)(=O)c2ccc(I)cc2)C=C(C(C)C)C1=O. The summed E-state index contributed by atoms with van der Waals surface area (Å²) in [6.45, 7) is 7.66. The van der Waals surface area contributed by atoms with Crippen molar-refractivity contribution in [3.63, 3.8) is 0 Å². The lowest BCUT2D eigenvalue weighted by molar-refractivity contribution is -0.113. The van der Waals surface area contributed by atoms with Crippen molar-refractivity contribution in [3.8, 4) is 0 Å². The van der Waals surface area contributed by atoms with Crippen LogP contribution in [0.1, 0.15) is 27.7 Å². The first-order valence-corrected chi connectivity index (χ1v) is 10.2. The molecular weight excluding hydrogens is 437 g/mol. The summed E-state index contributed by atoms with van der Waals surface area (Å²) in [6, 6.07) is 6.52. The van der Waals surface area contributed by atoms with Crippen molar-refractivity contribution >= 4 is 44.1 Å². The minimum absolute atomic E-state index is 0.00570. The van der Waals surface area contributed by atoms with E-state index >= 15 is 0 Å². The third-order valence-corrected chi connectivity index (χ3v) is 5.75. The zero-order chi connectivity index (χ0) is 18.1. The number of nitrogens with zero attached hydrogens (tertiary/aromatic N) is 1. The van der Waals surface area contributed by atoms with Gasteiger partial charge >= 0.3 is 0 Å². The van der Waals surface area contributed by atoms with Crippen LogP contribution >= 0.6 is 22.6 Å². The average molecular weight is 457 g/mol. The molecule has 0 unspecified atom stereocenters. The molecule has 128 valence electrons. The molecular formula is C18H20INO3S. The predicted molar refractivity (Wildman–Crippen MR) is 105 cm³/mol. The predicted octanol–water partition coefficient (Wildman–Crippen LogP) is 4.17. The molecule has 24 heavy (non-hydrogen) atoms. The quantitative estimate of drug-likeness (QED) is 0.504. The van der Waals surface area contributed by atoms with Crippen molar-refractivity contribution in [1.82, 2.24) is 0 Å². The molecule has 6 heteroatoms. The molecule has 0 aliphatic heterocycles. The Balaban J connectivity index is 2.53. The van der Waals surface area contributed by atoms with E-state index in [4.69, 9.17) is 0 Å². The van der Waals surface area contributed by atoms with Gasteiger partial charge in [-0.15, -0.1) is 0 Å². The molecule has 1 aromatic rings. The second-order valence-corrected chi connectivity index (χ2v) is 9.13. The van der Waals surface area contributed by atoms with Gasteiger partial charge in [-0.2, -0.15) is 12.8 Å². The molecule has 0 saturated carbocycles. The largest absolute Gasteiger partial charge is 0.289 e. The van der Waals surface area contributed by atoms with Gasteiger partial charge in [0.05, 0.1) is 10.6 Å². The Morgan fingerprint density at radius 2 is 1.38 bits per heavy atom. The Morgan fingerprint density at radius 3 is 1.79 bits per heavy atom. The van der Waals surface area contributed by atoms with Crippen LogP contribution in [0.5, 0.6) is 0 Å². The van der Waals surface area contributed by atoms with Crippen molar-refractivity contribution in [1.29, 1.82) is 0 Å². The first-order chi connectivity index (χ1) is 11.1. The maximum absolute atomic E-state index is 12.5. The van der Waals surface area contributed by atoms with Gasteiger partial charge in [-0.25, -0.2) is 0 Å². The van der Waals surface area contributed by atoms with Crippen LogP contribution in [0.3, 0.4) is 0 Å². The Labute approximate surface area is 157 Å². The maximum Gasteiger partial charge on any atom is 0.282 e. The fourth-order valence-electron chi connectivity index (χ4n) is 2.37. The lowest BCUT2D eigenvalue weighted by atomic mass is 9.84. The van der Waals surface area contributed by atoms with Crippen LogP contribution in [-0.2, 0) is 14.8 Å². The molecule has 0 aromatic heterocycles. The van der Waals surface area contributed by atoms with E-state index in [1.807, 2.05) is 27.7 Å². The van der Waals surface area contributed by atoms with Gasteiger partial charge in [0.25, 0.3) is 10.0 Å². The average Bonchev–Trinajstić information content (AvgIpc) is 2.48. The van der Waals surface area contributed by atoms with E-state index in [9.17, 15) is 13.2 Å². The minimum Gasteiger partial charge on any atom is -0.289 e. The standard InChI is InChI=1S/C18H20INO3S/c1-11(2)16-9-14(10-17(12(3)4)18(16)21)20-24(22,23)15-7-5-13(19)6-8-15/h5-12H,1-4H3. The van der Waals surface area contributed by atoms with Crippen LogP contribution in [0.25, 0.3) is 0 Å². The lowest BCUT2D eigenvalue weighted by Crippen LogP contribution is -2.21. The Morgan fingerprint density at radius 1 is 0.917 bits per heavy atom. The summed E-state index contributed by atoms with van der Waals surface area (Å²) in [4.78, 5) is 12.6. The molecule has 0 radical (unpaired) electrons. The summed E-state index contributed by atoms with van der Waals surface area (Å²) in [6.07, 6.45) is 3.17. The van der Waals surface area contributed by atoms with Gasteiger partial charge in [-0.05, 0) is 70.8 Å². The molecule has 1 aliphatic rings. The van der Waals surface area contributed by atoms with E-state index < -0.39 is 10.0 Å². The Hall–Kier alpha value is -1.28. The summed E-state index contributed by atoms with van der Waals surface area (Å²) in [5, 5.41) is 0. The van der Waals surface area contributed by atoms with Crippen molar-refractivity contribution < 1.29 is 13.2 Å². The van der Waals surface area contributed by atoms with E-state index in [-0.39, 0.29) is 22.5 Å². The fraction of sp³-hybridized carbons (Fsp3) is 0.333. The van der Waals surface area contributed by atoms with Gasteiger partial charge in [0, 0.05) is 14.7 Å². The van der Waals surface area contributed by atoms with Crippen LogP contribution in [0.15, 0.2) is 56.9 Å². The van der Waals surface area contributed by atoms with Crippen molar-refractivity contribution in [2.45, 2.75) is 32.6 Å². The number of Topliss-reactive ketones (excluding diaryl/α,β-unsaturated/α-hetero) is 1. The highest BCUT2D eigenvalue weighted by atomic mass is 127. The van der Waals surface area contributed by atoms with E-state index in [2.05, 4.69) is 27.0 Å². The molecule has 0 fully saturated rings. The molecule has 0 bridgehead atoms. The molecule has 2 rings (SSSR count). The number of carbonyl (C=O) groups excluding carboxylic acids is 1. The number of sulfonamides is 1. The number of hydrogen-bond acceptors (Lipinski definition) is 3. The first-order valence-electron chi connectivity index (χ1n) is 7.70. The highest BCUT2D eigenvalue weighted by Gasteiger charge is 2.25. The lowest BCUT2D eigenvalue weighted by Gasteiger charge is -2.19. The van der Waals surface area contributed by atoms with Crippen molar-refractivity contribution in [3.05, 3.63) is 51.1 Å². The zero-order valence-electron chi connectivity index (χ0n) is 14.1. The van der Waals surface area contributed by atoms with E-state index in [0.717, 1.165) is 3.57 Å². The Bertz CT molecular complexity index is 815. The van der Waals surface area contributed by atoms with Crippen molar-refractivity contribution in [2.24, 2.45) is 16.2 Å². The molecule has 0 saturated heterocycles. The fourth-order valence-corrected chi connectivity index (χ4v) is 3.69.